The lowest BCUT2D eigenvalue weighted by Crippen LogP contribution is -2.52. The molecular weight excluding hydrogens is 216 g/mol. The van der Waals surface area contributed by atoms with E-state index in [0.29, 0.717) is 18.9 Å². The van der Waals surface area contributed by atoms with E-state index in [1.807, 2.05) is 6.08 Å². The third-order valence-electron chi connectivity index (χ3n) is 4.70. The second kappa shape index (κ2) is 3.66. The number of rotatable bonds is 1. The molecule has 0 aromatic carbocycles. The van der Waals surface area contributed by atoms with E-state index in [2.05, 4.69) is 0 Å². The van der Waals surface area contributed by atoms with Crippen LogP contribution >= 0.6 is 0 Å². The highest BCUT2D eigenvalue weighted by Crippen LogP contribution is 2.48. The molecule has 0 bridgehead atoms. The van der Waals surface area contributed by atoms with Crippen molar-refractivity contribution in [1.29, 1.82) is 0 Å². The van der Waals surface area contributed by atoms with Crippen molar-refractivity contribution >= 4 is 5.78 Å². The number of epoxide rings is 1. The van der Waals surface area contributed by atoms with Crippen molar-refractivity contribution in [3.8, 4) is 0 Å². The fraction of sp³-hybridized carbons (Fsp3) is 0.786. The van der Waals surface area contributed by atoms with Gasteiger partial charge in [0.25, 0.3) is 0 Å². The lowest BCUT2D eigenvalue weighted by Gasteiger charge is -2.36. The number of hydrogen-bond acceptors (Lipinski definition) is 3. The summed E-state index contributed by atoms with van der Waals surface area (Å²) in [5, 5.41) is 10.3. The predicted octanol–water partition coefficient (Wildman–Crippen LogP) is 1.99. The van der Waals surface area contributed by atoms with Crippen molar-refractivity contribution in [3.05, 3.63) is 11.6 Å². The fourth-order valence-electron chi connectivity index (χ4n) is 3.32. The molecule has 17 heavy (non-hydrogen) atoms. The second-order valence-electron chi connectivity index (χ2n) is 5.92. The number of aliphatic hydroxyl groups is 1. The molecule has 3 aliphatic rings. The predicted molar refractivity (Wildman–Crippen MR) is 63.6 cm³/mol. The molecule has 3 nitrogen and oxygen atoms in total. The largest absolute Gasteiger partial charge is 0.386 e. The molecule has 2 atom stereocenters. The minimum Gasteiger partial charge on any atom is -0.386 e. The fourth-order valence-corrected chi connectivity index (χ4v) is 3.32. The second-order valence-corrected chi connectivity index (χ2v) is 5.92. The minimum absolute atomic E-state index is 0.0562. The Morgan fingerprint density at radius 2 is 2.00 bits per heavy atom. The van der Waals surface area contributed by atoms with Crippen LogP contribution < -0.4 is 0 Å². The summed E-state index contributed by atoms with van der Waals surface area (Å²) in [6.45, 7) is 2.11. The van der Waals surface area contributed by atoms with Gasteiger partial charge in [-0.05, 0) is 37.7 Å². The molecule has 94 valence electrons. The van der Waals surface area contributed by atoms with Gasteiger partial charge in [-0.25, -0.2) is 0 Å². The van der Waals surface area contributed by atoms with Crippen molar-refractivity contribution in [2.75, 3.05) is 6.61 Å². The van der Waals surface area contributed by atoms with Crippen LogP contribution in [0.4, 0.5) is 0 Å². The first-order chi connectivity index (χ1) is 8.07. The van der Waals surface area contributed by atoms with E-state index in [4.69, 9.17) is 4.74 Å². The minimum atomic E-state index is -1.01. The van der Waals surface area contributed by atoms with E-state index in [-0.39, 0.29) is 5.78 Å². The number of ketones is 1. The van der Waals surface area contributed by atoms with Crippen LogP contribution in [0.15, 0.2) is 11.6 Å². The van der Waals surface area contributed by atoms with E-state index >= 15 is 0 Å². The molecule has 0 radical (unpaired) electrons. The van der Waals surface area contributed by atoms with Crippen molar-refractivity contribution < 1.29 is 14.6 Å². The SMILES string of the molecule is C[C@@]1(O)CC=C(C2CCCCC2)C(=O)[C@]12CO2. The van der Waals surface area contributed by atoms with Crippen molar-refractivity contribution in [2.45, 2.75) is 56.7 Å². The zero-order valence-electron chi connectivity index (χ0n) is 10.4. The molecule has 0 aromatic rings. The van der Waals surface area contributed by atoms with Gasteiger partial charge in [0.1, 0.15) is 5.60 Å². The van der Waals surface area contributed by atoms with Gasteiger partial charge in [0.15, 0.2) is 11.4 Å². The van der Waals surface area contributed by atoms with Gasteiger partial charge < -0.3 is 9.84 Å². The van der Waals surface area contributed by atoms with Gasteiger partial charge in [-0.15, -0.1) is 0 Å². The lowest BCUT2D eigenvalue weighted by molar-refractivity contribution is -0.132. The summed E-state index contributed by atoms with van der Waals surface area (Å²) < 4.78 is 5.35. The maximum absolute atomic E-state index is 12.5. The zero-order chi connectivity index (χ0) is 12.1. The van der Waals surface area contributed by atoms with Gasteiger partial charge in [0.2, 0.25) is 0 Å². The maximum Gasteiger partial charge on any atom is 0.195 e. The van der Waals surface area contributed by atoms with Crippen LogP contribution in [0.1, 0.15) is 45.4 Å². The molecule has 3 rings (SSSR count). The standard InChI is InChI=1S/C14H20O3/c1-13(16)8-7-11(10-5-3-2-4-6-10)12(15)14(13)9-17-14/h7,10,16H,2-6,8-9H2,1H3/t13-,14-/m1/s1. The Labute approximate surface area is 102 Å². The molecule has 1 saturated carbocycles. The van der Waals surface area contributed by atoms with E-state index in [9.17, 15) is 9.90 Å². The summed E-state index contributed by atoms with van der Waals surface area (Å²) in [4.78, 5) is 12.5. The van der Waals surface area contributed by atoms with Crippen molar-refractivity contribution in [1.82, 2.24) is 0 Å². The van der Waals surface area contributed by atoms with Gasteiger partial charge >= 0.3 is 0 Å². The van der Waals surface area contributed by atoms with Crippen LogP contribution in [0.5, 0.6) is 0 Å². The van der Waals surface area contributed by atoms with Crippen LogP contribution in [0.25, 0.3) is 0 Å². The molecular formula is C14H20O3. The highest BCUT2D eigenvalue weighted by Gasteiger charge is 2.66. The molecule has 2 aliphatic carbocycles. The van der Waals surface area contributed by atoms with E-state index in [1.54, 1.807) is 6.92 Å². The molecule has 1 saturated heterocycles. The first-order valence-electron chi connectivity index (χ1n) is 6.68. The summed E-state index contributed by atoms with van der Waals surface area (Å²) in [6, 6.07) is 0. The van der Waals surface area contributed by atoms with Gasteiger partial charge in [0, 0.05) is 0 Å². The van der Waals surface area contributed by atoms with Crippen molar-refractivity contribution in [2.24, 2.45) is 5.92 Å². The normalized spacial score (nSPS) is 42.7. The number of hydrogen-bond donors (Lipinski definition) is 1. The number of ether oxygens (including phenoxy) is 1. The highest BCUT2D eigenvalue weighted by atomic mass is 16.6. The average molecular weight is 236 g/mol. The number of carbonyl (C=O) groups is 1. The molecule has 1 N–H and O–H groups in total. The van der Waals surface area contributed by atoms with E-state index in [0.717, 1.165) is 18.4 Å². The Morgan fingerprint density at radius 1 is 1.35 bits per heavy atom. The summed E-state index contributed by atoms with van der Waals surface area (Å²) in [7, 11) is 0. The molecule has 1 spiro atoms. The first kappa shape index (κ1) is 11.4. The molecule has 1 heterocycles. The summed E-state index contributed by atoms with van der Waals surface area (Å²) in [5.74, 6) is 0.467. The van der Waals surface area contributed by atoms with Gasteiger partial charge in [-0.3, -0.25) is 4.79 Å². The smallest absolute Gasteiger partial charge is 0.195 e. The Hall–Kier alpha value is -0.670. The summed E-state index contributed by atoms with van der Waals surface area (Å²) in [5.41, 5.74) is -0.967. The van der Waals surface area contributed by atoms with Crippen LogP contribution in [0.2, 0.25) is 0 Å². The van der Waals surface area contributed by atoms with Crippen LogP contribution in [-0.4, -0.2) is 28.7 Å². The number of Topliss-reactive ketones (excluding diaryl/α,β-unsaturated/α-hetero) is 1. The topological polar surface area (TPSA) is 49.8 Å². The molecule has 0 amide bonds. The zero-order valence-corrected chi connectivity index (χ0v) is 10.4. The van der Waals surface area contributed by atoms with Gasteiger partial charge in [0.05, 0.1) is 6.61 Å². The number of carbonyl (C=O) groups excluding carboxylic acids is 1. The Balaban J connectivity index is 1.87. The van der Waals surface area contributed by atoms with Crippen LogP contribution in [0.3, 0.4) is 0 Å². The Kier molecular flexibility index (Phi) is 2.46. The molecule has 3 heteroatoms. The third-order valence-corrected chi connectivity index (χ3v) is 4.70. The highest BCUT2D eigenvalue weighted by molar-refractivity contribution is 6.06. The van der Waals surface area contributed by atoms with Gasteiger partial charge in [-0.2, -0.15) is 0 Å². The Morgan fingerprint density at radius 3 is 2.59 bits per heavy atom. The van der Waals surface area contributed by atoms with Crippen molar-refractivity contribution in [3.63, 3.8) is 0 Å². The quantitative estimate of drug-likeness (QED) is 0.708. The van der Waals surface area contributed by atoms with Gasteiger partial charge in [-0.1, -0.05) is 25.3 Å². The van der Waals surface area contributed by atoms with E-state index < -0.39 is 11.2 Å². The Bertz CT molecular complexity index is 371. The molecule has 1 aliphatic heterocycles. The van der Waals surface area contributed by atoms with Crippen LogP contribution in [0, 0.1) is 5.92 Å². The molecule has 0 aromatic heterocycles. The lowest BCUT2D eigenvalue weighted by atomic mass is 9.70. The molecule has 0 unspecified atom stereocenters. The molecule has 2 fully saturated rings. The maximum atomic E-state index is 12.5. The summed E-state index contributed by atoms with van der Waals surface area (Å²) >= 11 is 0. The van der Waals surface area contributed by atoms with Crippen LogP contribution in [-0.2, 0) is 9.53 Å². The monoisotopic (exact) mass is 236 g/mol. The van der Waals surface area contributed by atoms with E-state index in [1.165, 1.54) is 19.3 Å². The average Bonchev–Trinajstić information content (AvgIpc) is 3.10. The third kappa shape index (κ3) is 1.59. The summed E-state index contributed by atoms with van der Waals surface area (Å²) in [6.07, 6.45) is 8.48. The first-order valence-corrected chi connectivity index (χ1v) is 6.68.